The summed E-state index contributed by atoms with van der Waals surface area (Å²) in [6.45, 7) is 2.21. The molecule has 8 nitrogen and oxygen atoms in total. The molecule has 182 valence electrons. The number of carboxylic acids is 1. The van der Waals surface area contributed by atoms with Crippen LogP contribution < -0.4 is 14.4 Å². The predicted octanol–water partition coefficient (Wildman–Crippen LogP) is 4.73. The van der Waals surface area contributed by atoms with Gasteiger partial charge in [-0.05, 0) is 36.1 Å². The summed E-state index contributed by atoms with van der Waals surface area (Å²) < 4.78 is 11.8. The molecule has 1 unspecified atom stereocenters. The molecule has 0 saturated heterocycles. The zero-order valence-electron chi connectivity index (χ0n) is 18.7. The highest BCUT2D eigenvalue weighted by Crippen LogP contribution is 2.38. The number of imide groups is 1. The molecular weight excluding hydrogens is 494 g/mol. The van der Waals surface area contributed by atoms with Crippen molar-refractivity contribution in [1.29, 1.82) is 0 Å². The average Bonchev–Trinajstić information content (AvgIpc) is 3.26. The lowest BCUT2D eigenvalue weighted by atomic mass is 10.0. The van der Waals surface area contributed by atoms with Crippen molar-refractivity contribution in [1.82, 2.24) is 0 Å². The molecule has 0 fully saturated rings. The van der Waals surface area contributed by atoms with Gasteiger partial charge in [0.25, 0.3) is 5.91 Å². The summed E-state index contributed by atoms with van der Waals surface area (Å²) in [6, 6.07) is 12.0. The maximum Gasteiger partial charge on any atom is 0.346 e. The topological polar surface area (TPSA) is 113 Å². The van der Waals surface area contributed by atoms with E-state index in [1.165, 1.54) is 17.5 Å². The number of carbonyl (C=O) groups is 3. The molecule has 1 atom stereocenters. The van der Waals surface area contributed by atoms with Crippen molar-refractivity contribution in [2.75, 3.05) is 18.1 Å². The summed E-state index contributed by atoms with van der Waals surface area (Å²) >= 11 is 7.27. The molecule has 0 radical (unpaired) electrons. The summed E-state index contributed by atoms with van der Waals surface area (Å²) in [4.78, 5) is 38.4. The lowest BCUT2D eigenvalue weighted by Crippen LogP contribution is -2.42. The van der Waals surface area contributed by atoms with Gasteiger partial charge in [0.1, 0.15) is 22.5 Å². The number of aromatic carboxylic acids is 1. The first-order chi connectivity index (χ1) is 16.8. The minimum Gasteiger partial charge on any atom is -0.493 e. The minimum atomic E-state index is -1.23. The molecule has 0 saturated carbocycles. The number of anilines is 1. The number of hydrogen-bond donors (Lipinski definition) is 2. The number of ether oxygens (including phenoxy) is 2. The molecule has 4 rings (SSSR count). The number of halogens is 1. The third-order valence-electron chi connectivity index (χ3n) is 5.46. The SMILES string of the molecule is CC(Oc1ccc(Cl)c(N2C(=O)Cc3csc(C(=O)O)c3C2=O)c1)c1ccccc1OCCCO. The number of carboxylic acid groups (broad SMARTS) is 1. The van der Waals surface area contributed by atoms with Crippen molar-refractivity contribution in [3.63, 3.8) is 0 Å². The summed E-state index contributed by atoms with van der Waals surface area (Å²) in [5, 5.41) is 20.1. The first-order valence-corrected chi connectivity index (χ1v) is 12.1. The molecule has 35 heavy (non-hydrogen) atoms. The molecule has 10 heteroatoms. The summed E-state index contributed by atoms with van der Waals surface area (Å²) in [6.07, 6.45) is -0.0669. The van der Waals surface area contributed by atoms with Crippen molar-refractivity contribution in [2.45, 2.75) is 25.9 Å². The quantitative estimate of drug-likeness (QED) is 0.313. The van der Waals surface area contributed by atoms with Crippen LogP contribution in [-0.2, 0) is 11.2 Å². The summed E-state index contributed by atoms with van der Waals surface area (Å²) in [5.74, 6) is -1.49. The number of rotatable bonds is 9. The van der Waals surface area contributed by atoms with Crippen LogP contribution in [0.25, 0.3) is 0 Å². The molecule has 1 aliphatic heterocycles. The van der Waals surface area contributed by atoms with Crippen LogP contribution in [0, 0.1) is 0 Å². The number of hydrogen-bond acceptors (Lipinski definition) is 7. The van der Waals surface area contributed by atoms with E-state index in [2.05, 4.69) is 0 Å². The van der Waals surface area contributed by atoms with Gasteiger partial charge in [0.05, 0.1) is 29.3 Å². The third kappa shape index (κ3) is 5.02. The monoisotopic (exact) mass is 515 g/mol. The lowest BCUT2D eigenvalue weighted by molar-refractivity contribution is -0.117. The maximum absolute atomic E-state index is 13.2. The Hall–Kier alpha value is -3.40. The van der Waals surface area contributed by atoms with Crippen molar-refractivity contribution in [3.05, 3.63) is 74.4 Å². The Morgan fingerprint density at radius 1 is 1.23 bits per heavy atom. The number of benzene rings is 2. The molecule has 2 amide bonds. The number of para-hydroxylation sites is 1. The highest BCUT2D eigenvalue weighted by atomic mass is 35.5. The van der Waals surface area contributed by atoms with Gasteiger partial charge < -0.3 is 19.7 Å². The Balaban J connectivity index is 1.62. The van der Waals surface area contributed by atoms with Gasteiger partial charge in [0.15, 0.2) is 0 Å². The van der Waals surface area contributed by atoms with Crippen molar-refractivity contribution < 1.29 is 34.1 Å². The van der Waals surface area contributed by atoms with Crippen LogP contribution in [0.15, 0.2) is 47.8 Å². The molecule has 1 aliphatic rings. The van der Waals surface area contributed by atoms with Gasteiger partial charge in [-0.25, -0.2) is 9.69 Å². The highest BCUT2D eigenvalue weighted by molar-refractivity contribution is 7.12. The fourth-order valence-corrected chi connectivity index (χ4v) is 4.93. The first-order valence-electron chi connectivity index (χ1n) is 10.8. The number of carbonyl (C=O) groups excluding carboxylic acids is 2. The number of fused-ring (bicyclic) bond motifs is 1. The van der Waals surface area contributed by atoms with Crippen LogP contribution in [0.1, 0.15) is 50.6 Å². The van der Waals surface area contributed by atoms with Gasteiger partial charge in [0.2, 0.25) is 5.91 Å². The van der Waals surface area contributed by atoms with Crippen LogP contribution >= 0.6 is 22.9 Å². The van der Waals surface area contributed by atoms with E-state index in [1.54, 1.807) is 6.07 Å². The largest absolute Gasteiger partial charge is 0.493 e. The number of nitrogens with zero attached hydrogens (tertiary/aromatic N) is 1. The molecular formula is C25H22ClNO7S. The number of thiophene rings is 1. The first kappa shape index (κ1) is 24.7. The summed E-state index contributed by atoms with van der Waals surface area (Å²) in [7, 11) is 0. The predicted molar refractivity (Wildman–Crippen MR) is 131 cm³/mol. The third-order valence-corrected chi connectivity index (χ3v) is 6.79. The minimum absolute atomic E-state index is 0.00631. The fraction of sp³-hybridized carbons (Fsp3) is 0.240. The van der Waals surface area contributed by atoms with Gasteiger partial charge in [-0.2, -0.15) is 0 Å². The molecule has 2 aromatic carbocycles. The van der Waals surface area contributed by atoms with Crippen LogP contribution in [0.4, 0.5) is 5.69 Å². The molecule has 1 aromatic heterocycles. The van der Waals surface area contributed by atoms with Gasteiger partial charge >= 0.3 is 5.97 Å². The normalized spacial score (nSPS) is 14.0. The average molecular weight is 516 g/mol. The van der Waals surface area contributed by atoms with E-state index in [0.29, 0.717) is 30.1 Å². The molecule has 2 N–H and O–H groups in total. The second-order valence-electron chi connectivity index (χ2n) is 7.82. The molecule has 0 spiro atoms. The Morgan fingerprint density at radius 2 is 2.00 bits per heavy atom. The maximum atomic E-state index is 13.2. The van der Waals surface area contributed by atoms with Crippen LogP contribution in [0.5, 0.6) is 11.5 Å². The summed E-state index contributed by atoms with van der Waals surface area (Å²) in [5.41, 5.74) is 1.30. The Bertz CT molecular complexity index is 1290. The second kappa shape index (κ2) is 10.5. The lowest BCUT2D eigenvalue weighted by Gasteiger charge is -2.27. The fourth-order valence-electron chi connectivity index (χ4n) is 3.83. The van der Waals surface area contributed by atoms with Gasteiger partial charge in [-0.3, -0.25) is 9.59 Å². The van der Waals surface area contributed by atoms with Gasteiger partial charge in [0, 0.05) is 24.7 Å². The zero-order valence-corrected chi connectivity index (χ0v) is 20.3. The van der Waals surface area contributed by atoms with Gasteiger partial charge in [-0.1, -0.05) is 29.8 Å². The molecule has 0 bridgehead atoms. The smallest absolute Gasteiger partial charge is 0.346 e. The van der Waals surface area contributed by atoms with E-state index in [0.717, 1.165) is 21.8 Å². The second-order valence-corrected chi connectivity index (χ2v) is 9.10. The molecule has 0 aliphatic carbocycles. The van der Waals surface area contributed by atoms with Gasteiger partial charge in [-0.15, -0.1) is 11.3 Å². The van der Waals surface area contributed by atoms with Crippen LogP contribution in [0.3, 0.4) is 0 Å². The highest BCUT2D eigenvalue weighted by Gasteiger charge is 2.37. The number of aliphatic hydroxyl groups excluding tert-OH is 1. The molecule has 3 aromatic rings. The molecule has 2 heterocycles. The van der Waals surface area contributed by atoms with E-state index in [9.17, 15) is 19.5 Å². The van der Waals surface area contributed by atoms with E-state index in [-0.39, 0.29) is 34.2 Å². The van der Waals surface area contributed by atoms with Crippen LogP contribution in [-0.4, -0.2) is 41.2 Å². The Labute approximate surface area is 210 Å². The zero-order chi connectivity index (χ0) is 25.1. The van der Waals surface area contributed by atoms with Crippen molar-refractivity contribution in [2.24, 2.45) is 0 Å². The van der Waals surface area contributed by atoms with Crippen LogP contribution in [0.2, 0.25) is 5.02 Å². The Kier molecular flexibility index (Phi) is 7.39. The standard InChI is InChI=1S/C25H22ClNO7S/c1-14(17-5-2-3-6-20(17)33-10-4-9-28)34-16-7-8-18(26)19(12-16)27-21(29)11-15-13-35-23(25(31)32)22(15)24(27)30/h2-3,5-8,12-14,28H,4,9-11H2,1H3,(H,31,32). The Morgan fingerprint density at radius 3 is 2.74 bits per heavy atom. The van der Waals surface area contributed by atoms with Crippen molar-refractivity contribution in [3.8, 4) is 11.5 Å². The van der Waals surface area contributed by atoms with Crippen molar-refractivity contribution >= 4 is 46.4 Å². The van der Waals surface area contributed by atoms with E-state index in [4.69, 9.17) is 26.2 Å². The van der Waals surface area contributed by atoms with E-state index >= 15 is 0 Å². The van der Waals surface area contributed by atoms with E-state index in [1.807, 2.05) is 31.2 Å². The number of aliphatic hydroxyl groups is 1. The number of amides is 2. The van der Waals surface area contributed by atoms with E-state index < -0.39 is 23.9 Å².